The van der Waals surface area contributed by atoms with E-state index >= 15 is 0 Å². The van der Waals surface area contributed by atoms with Crippen molar-refractivity contribution in [2.75, 3.05) is 0 Å². The van der Waals surface area contributed by atoms with Gasteiger partial charge in [0.15, 0.2) is 0 Å². The Morgan fingerprint density at radius 1 is 1.10 bits per heavy atom. The largest absolute Gasteiger partial charge is 0.0876 e. The van der Waals surface area contributed by atoms with Gasteiger partial charge in [-0.2, -0.15) is 0 Å². The van der Waals surface area contributed by atoms with E-state index in [1.807, 2.05) is 0 Å². The summed E-state index contributed by atoms with van der Waals surface area (Å²) in [6, 6.07) is 0. The molecule has 2 rings (SSSR count). The summed E-state index contributed by atoms with van der Waals surface area (Å²) >= 11 is 0. The quantitative estimate of drug-likeness (QED) is 0.447. The van der Waals surface area contributed by atoms with Crippen molar-refractivity contribution in [3.63, 3.8) is 0 Å². The number of rotatable bonds is 0. The molecule has 0 bridgehead atoms. The van der Waals surface area contributed by atoms with Crippen molar-refractivity contribution >= 4 is 0 Å². The van der Waals surface area contributed by atoms with Gasteiger partial charge in [0.25, 0.3) is 0 Å². The Balaban J connectivity index is 2.15. The Labute approximate surface area is 62.6 Å². The van der Waals surface area contributed by atoms with Crippen LogP contribution in [0.4, 0.5) is 0 Å². The van der Waals surface area contributed by atoms with Gasteiger partial charge in [0.05, 0.1) is 0 Å². The first-order valence-electron chi connectivity index (χ1n) is 4.21. The molecule has 0 saturated carbocycles. The zero-order valence-electron chi connectivity index (χ0n) is 6.46. The van der Waals surface area contributed by atoms with Crippen LogP contribution >= 0.6 is 0 Å². The third-order valence-corrected chi connectivity index (χ3v) is 2.67. The van der Waals surface area contributed by atoms with E-state index in [4.69, 9.17) is 0 Å². The first-order chi connectivity index (χ1) is 4.86. The normalized spacial score (nSPS) is 43.9. The summed E-state index contributed by atoms with van der Waals surface area (Å²) in [5.41, 5.74) is 0. The molecule has 0 heteroatoms. The van der Waals surface area contributed by atoms with E-state index in [2.05, 4.69) is 31.2 Å². The number of fused-ring (bicyclic) bond motifs is 1. The SMILES string of the molecule is CC1C=CC2CC=CC2C1. The second kappa shape index (κ2) is 2.26. The third-order valence-electron chi connectivity index (χ3n) is 2.67. The lowest BCUT2D eigenvalue weighted by Gasteiger charge is -2.23. The van der Waals surface area contributed by atoms with E-state index in [1.54, 1.807) is 0 Å². The van der Waals surface area contributed by atoms with Gasteiger partial charge in [-0.15, -0.1) is 0 Å². The summed E-state index contributed by atoms with van der Waals surface area (Å²) in [6.45, 7) is 2.30. The Morgan fingerprint density at radius 2 is 2.00 bits per heavy atom. The number of hydrogen-bond acceptors (Lipinski definition) is 0. The van der Waals surface area contributed by atoms with Crippen LogP contribution in [0.15, 0.2) is 24.3 Å². The molecule has 2 aliphatic rings. The molecule has 0 aromatic rings. The van der Waals surface area contributed by atoms with Crippen molar-refractivity contribution in [2.24, 2.45) is 17.8 Å². The molecule has 0 radical (unpaired) electrons. The van der Waals surface area contributed by atoms with Crippen LogP contribution in [0, 0.1) is 17.8 Å². The van der Waals surface area contributed by atoms with Gasteiger partial charge >= 0.3 is 0 Å². The van der Waals surface area contributed by atoms with Crippen molar-refractivity contribution in [3.05, 3.63) is 24.3 Å². The lowest BCUT2D eigenvalue weighted by Crippen LogP contribution is -2.13. The summed E-state index contributed by atoms with van der Waals surface area (Å²) < 4.78 is 0. The zero-order chi connectivity index (χ0) is 6.97. The third kappa shape index (κ3) is 0.920. The molecule has 0 heterocycles. The predicted octanol–water partition coefficient (Wildman–Crippen LogP) is 2.77. The molecule has 3 unspecified atom stereocenters. The Bertz CT molecular complexity index is 176. The van der Waals surface area contributed by atoms with Crippen LogP contribution in [-0.4, -0.2) is 0 Å². The highest BCUT2D eigenvalue weighted by Crippen LogP contribution is 2.35. The standard InChI is InChI=1S/C10H14/c1-8-5-6-9-3-2-4-10(9)7-8/h2,4-6,8-10H,3,7H2,1H3. The van der Waals surface area contributed by atoms with Crippen LogP contribution in [0.2, 0.25) is 0 Å². The van der Waals surface area contributed by atoms with Gasteiger partial charge < -0.3 is 0 Å². The summed E-state index contributed by atoms with van der Waals surface area (Å²) in [7, 11) is 0. The highest BCUT2D eigenvalue weighted by Gasteiger charge is 2.24. The van der Waals surface area contributed by atoms with Crippen LogP contribution < -0.4 is 0 Å². The maximum atomic E-state index is 2.40. The molecule has 0 aromatic heterocycles. The highest BCUT2D eigenvalue weighted by atomic mass is 14.3. The van der Waals surface area contributed by atoms with Crippen LogP contribution in [-0.2, 0) is 0 Å². The minimum absolute atomic E-state index is 0.809. The summed E-state index contributed by atoms with van der Waals surface area (Å²) in [4.78, 5) is 0. The molecule has 0 saturated heterocycles. The average Bonchev–Trinajstić information content (AvgIpc) is 2.33. The molecular formula is C10H14. The molecule has 0 spiro atoms. The van der Waals surface area contributed by atoms with E-state index in [-0.39, 0.29) is 0 Å². The van der Waals surface area contributed by atoms with Crippen LogP contribution in [0.3, 0.4) is 0 Å². The van der Waals surface area contributed by atoms with Crippen molar-refractivity contribution in [1.82, 2.24) is 0 Å². The molecule has 0 aliphatic heterocycles. The van der Waals surface area contributed by atoms with Gasteiger partial charge in [-0.05, 0) is 30.6 Å². The minimum Gasteiger partial charge on any atom is -0.0876 e. The van der Waals surface area contributed by atoms with Gasteiger partial charge in [-0.1, -0.05) is 31.2 Å². The summed E-state index contributed by atoms with van der Waals surface area (Å²) in [5, 5.41) is 0. The van der Waals surface area contributed by atoms with Gasteiger partial charge in [0, 0.05) is 0 Å². The van der Waals surface area contributed by atoms with E-state index in [0.29, 0.717) is 0 Å². The van der Waals surface area contributed by atoms with Crippen molar-refractivity contribution in [1.29, 1.82) is 0 Å². The number of hydrogen-bond donors (Lipinski definition) is 0. The van der Waals surface area contributed by atoms with Crippen LogP contribution in [0.5, 0.6) is 0 Å². The number of allylic oxidation sites excluding steroid dienone is 4. The smallest absolute Gasteiger partial charge is 0.0136 e. The fourth-order valence-corrected chi connectivity index (χ4v) is 2.04. The summed E-state index contributed by atoms with van der Waals surface area (Å²) in [5.74, 6) is 2.54. The van der Waals surface area contributed by atoms with Crippen molar-refractivity contribution in [2.45, 2.75) is 19.8 Å². The lowest BCUT2D eigenvalue weighted by atomic mass is 9.82. The van der Waals surface area contributed by atoms with Crippen molar-refractivity contribution in [3.8, 4) is 0 Å². The van der Waals surface area contributed by atoms with E-state index in [1.165, 1.54) is 12.8 Å². The molecule has 0 nitrogen and oxygen atoms in total. The lowest BCUT2D eigenvalue weighted by molar-refractivity contribution is 0.403. The molecular weight excluding hydrogens is 120 g/mol. The topological polar surface area (TPSA) is 0 Å². The molecule has 2 aliphatic carbocycles. The molecule has 10 heavy (non-hydrogen) atoms. The maximum absolute atomic E-state index is 2.40. The summed E-state index contributed by atoms with van der Waals surface area (Å²) in [6.07, 6.45) is 12.2. The molecule has 3 atom stereocenters. The Morgan fingerprint density at radius 3 is 2.90 bits per heavy atom. The van der Waals surface area contributed by atoms with Crippen molar-refractivity contribution < 1.29 is 0 Å². The molecule has 54 valence electrons. The van der Waals surface area contributed by atoms with Gasteiger partial charge in [-0.3, -0.25) is 0 Å². The monoisotopic (exact) mass is 134 g/mol. The highest BCUT2D eigenvalue weighted by molar-refractivity contribution is 5.12. The second-order valence-electron chi connectivity index (χ2n) is 3.59. The first-order valence-corrected chi connectivity index (χ1v) is 4.21. The maximum Gasteiger partial charge on any atom is -0.0136 e. The van der Waals surface area contributed by atoms with E-state index < -0.39 is 0 Å². The molecule has 0 fully saturated rings. The second-order valence-corrected chi connectivity index (χ2v) is 3.59. The fraction of sp³-hybridized carbons (Fsp3) is 0.600. The minimum atomic E-state index is 0.809. The van der Waals surface area contributed by atoms with Gasteiger partial charge in [0.2, 0.25) is 0 Å². The van der Waals surface area contributed by atoms with Crippen LogP contribution in [0.1, 0.15) is 19.8 Å². The van der Waals surface area contributed by atoms with Gasteiger partial charge in [-0.25, -0.2) is 0 Å². The Kier molecular flexibility index (Phi) is 1.40. The molecule has 0 aromatic carbocycles. The van der Waals surface area contributed by atoms with Crippen LogP contribution in [0.25, 0.3) is 0 Å². The van der Waals surface area contributed by atoms with Gasteiger partial charge in [0.1, 0.15) is 0 Å². The average molecular weight is 134 g/mol. The zero-order valence-corrected chi connectivity index (χ0v) is 6.46. The first kappa shape index (κ1) is 6.21. The van der Waals surface area contributed by atoms with E-state index in [0.717, 1.165) is 17.8 Å². The Hall–Kier alpha value is -0.520. The molecule has 0 N–H and O–H groups in total. The predicted molar refractivity (Wildman–Crippen MR) is 43.7 cm³/mol. The fourth-order valence-electron chi connectivity index (χ4n) is 2.04. The van der Waals surface area contributed by atoms with E-state index in [9.17, 15) is 0 Å². The molecule has 0 amide bonds.